The van der Waals surface area contributed by atoms with Crippen LogP contribution >= 0.6 is 0 Å². The smallest absolute Gasteiger partial charge is 0.227 e. The van der Waals surface area contributed by atoms with E-state index in [4.69, 9.17) is 4.74 Å². The first-order chi connectivity index (χ1) is 15.8. The van der Waals surface area contributed by atoms with Crippen molar-refractivity contribution in [1.29, 1.82) is 0 Å². The Labute approximate surface area is 190 Å². The van der Waals surface area contributed by atoms with Crippen LogP contribution in [0.4, 0.5) is 0 Å². The minimum absolute atomic E-state index is 0.0489. The van der Waals surface area contributed by atoms with Gasteiger partial charge in [-0.15, -0.1) is 0 Å². The van der Waals surface area contributed by atoms with Gasteiger partial charge in [0, 0.05) is 63.3 Å². The van der Waals surface area contributed by atoms with Crippen molar-refractivity contribution in [2.24, 2.45) is 17.8 Å². The Morgan fingerprint density at radius 3 is 2.47 bits per heavy atom. The Bertz CT molecular complexity index is 952. The second-order valence-electron chi connectivity index (χ2n) is 10.0. The first-order valence-corrected chi connectivity index (χ1v) is 12.3. The summed E-state index contributed by atoms with van der Waals surface area (Å²) in [4.78, 5) is 20.9. The van der Waals surface area contributed by atoms with E-state index in [1.165, 1.54) is 24.0 Å². The highest BCUT2D eigenvalue weighted by molar-refractivity contribution is 5.80. The van der Waals surface area contributed by atoms with E-state index in [-0.39, 0.29) is 11.8 Å². The molecule has 1 aliphatic carbocycles. The number of benzene rings is 2. The molecule has 0 aromatic heterocycles. The molecule has 1 saturated carbocycles. The molecule has 2 aromatic rings. The first-order valence-electron chi connectivity index (χ1n) is 12.3. The number of fused-ring (bicyclic) bond motifs is 3. The van der Waals surface area contributed by atoms with Crippen molar-refractivity contribution in [2.75, 3.05) is 45.9 Å². The van der Waals surface area contributed by atoms with Gasteiger partial charge in [-0.3, -0.25) is 14.6 Å². The molecule has 3 atom stereocenters. The van der Waals surface area contributed by atoms with E-state index in [9.17, 15) is 4.79 Å². The van der Waals surface area contributed by atoms with Gasteiger partial charge < -0.3 is 9.64 Å². The first kappa shape index (κ1) is 20.3. The predicted octanol–water partition coefficient (Wildman–Crippen LogP) is 3.42. The van der Waals surface area contributed by atoms with Crippen molar-refractivity contribution in [3.05, 3.63) is 65.7 Å². The normalized spacial score (nSPS) is 28.1. The number of nitrogens with zero attached hydrogens (tertiary/aromatic N) is 3. The molecule has 4 aliphatic rings. The van der Waals surface area contributed by atoms with Crippen molar-refractivity contribution >= 4 is 5.91 Å². The fraction of sp³-hybridized carbons (Fsp3) is 0.519. The molecule has 3 aliphatic heterocycles. The third-order valence-electron chi connectivity index (χ3n) is 7.86. The van der Waals surface area contributed by atoms with Crippen LogP contribution < -0.4 is 4.74 Å². The van der Waals surface area contributed by atoms with Crippen molar-refractivity contribution in [2.45, 2.75) is 25.4 Å². The molecule has 0 radical (unpaired) electrons. The number of hydrogen-bond acceptors (Lipinski definition) is 4. The molecule has 1 amide bonds. The minimum atomic E-state index is 0.0489. The Morgan fingerprint density at radius 1 is 0.938 bits per heavy atom. The minimum Gasteiger partial charge on any atom is -0.493 e. The third-order valence-corrected chi connectivity index (χ3v) is 7.86. The zero-order valence-electron chi connectivity index (χ0n) is 18.7. The van der Waals surface area contributed by atoms with Crippen molar-refractivity contribution < 1.29 is 9.53 Å². The topological polar surface area (TPSA) is 36.0 Å². The van der Waals surface area contributed by atoms with Crippen molar-refractivity contribution in [3.8, 4) is 5.75 Å². The lowest BCUT2D eigenvalue weighted by atomic mass is 9.84. The van der Waals surface area contributed by atoms with Gasteiger partial charge in [0.2, 0.25) is 5.91 Å². The van der Waals surface area contributed by atoms with E-state index in [1.54, 1.807) is 0 Å². The van der Waals surface area contributed by atoms with Gasteiger partial charge in [-0.25, -0.2) is 0 Å². The van der Waals surface area contributed by atoms with Crippen LogP contribution in [0.2, 0.25) is 0 Å². The van der Waals surface area contributed by atoms with Crippen LogP contribution in [-0.2, 0) is 11.3 Å². The molecule has 2 aromatic carbocycles. The fourth-order valence-electron chi connectivity index (χ4n) is 5.95. The zero-order valence-corrected chi connectivity index (χ0v) is 18.7. The summed E-state index contributed by atoms with van der Waals surface area (Å²) in [6.45, 7) is 7.21. The second-order valence-corrected chi connectivity index (χ2v) is 10.0. The molecular weight excluding hydrogens is 398 g/mol. The van der Waals surface area contributed by atoms with E-state index in [0.717, 1.165) is 57.5 Å². The molecule has 2 saturated heterocycles. The summed E-state index contributed by atoms with van der Waals surface area (Å²) in [7, 11) is 0. The largest absolute Gasteiger partial charge is 0.493 e. The number of likely N-dealkylation sites (tertiary alicyclic amines) is 1. The van der Waals surface area contributed by atoms with Gasteiger partial charge in [-0.05, 0) is 30.4 Å². The number of hydrogen-bond donors (Lipinski definition) is 0. The molecular formula is C27H33N3O2. The number of ether oxygens (including phenoxy) is 1. The molecule has 0 bridgehead atoms. The monoisotopic (exact) mass is 431 g/mol. The maximum Gasteiger partial charge on any atom is 0.227 e. The molecule has 3 heterocycles. The molecule has 0 N–H and O–H groups in total. The van der Waals surface area contributed by atoms with Crippen LogP contribution in [-0.4, -0.2) is 66.5 Å². The van der Waals surface area contributed by atoms with Crippen LogP contribution in [0, 0.1) is 17.8 Å². The molecule has 32 heavy (non-hydrogen) atoms. The molecule has 5 heteroatoms. The van der Waals surface area contributed by atoms with E-state index in [0.29, 0.717) is 18.6 Å². The Balaban J connectivity index is 1.14. The van der Waals surface area contributed by atoms with Gasteiger partial charge in [0.25, 0.3) is 0 Å². The van der Waals surface area contributed by atoms with E-state index < -0.39 is 0 Å². The molecule has 5 nitrogen and oxygen atoms in total. The number of para-hydroxylation sites is 1. The summed E-state index contributed by atoms with van der Waals surface area (Å²) in [5.74, 6) is 2.49. The van der Waals surface area contributed by atoms with Crippen molar-refractivity contribution in [3.63, 3.8) is 0 Å². The number of piperazine rings is 1. The lowest BCUT2D eigenvalue weighted by molar-refractivity contribution is -0.138. The maximum atomic E-state index is 13.7. The highest BCUT2D eigenvalue weighted by Gasteiger charge is 2.50. The summed E-state index contributed by atoms with van der Waals surface area (Å²) in [6.07, 6.45) is 2.68. The summed E-state index contributed by atoms with van der Waals surface area (Å²) >= 11 is 0. The standard InChI is InChI=1S/C27H33N3O2/c31-27(29-14-12-28(13-15-29)16-20-6-2-1-3-7-20)23-18-30(17-21-10-11-21)26-22-8-4-5-9-25(22)32-19-24(23)26/h1-9,21,23-24,26H,10-19H2/t23-,24+,26+/m1/s1. The van der Waals surface area contributed by atoms with Crippen LogP contribution in [0.5, 0.6) is 5.75 Å². The van der Waals surface area contributed by atoms with E-state index in [2.05, 4.69) is 69.3 Å². The lowest BCUT2D eigenvalue weighted by Crippen LogP contribution is -2.51. The van der Waals surface area contributed by atoms with E-state index in [1.807, 2.05) is 0 Å². The predicted molar refractivity (Wildman–Crippen MR) is 124 cm³/mol. The zero-order chi connectivity index (χ0) is 21.5. The van der Waals surface area contributed by atoms with E-state index >= 15 is 0 Å². The molecule has 168 valence electrons. The van der Waals surface area contributed by atoms with Gasteiger partial charge >= 0.3 is 0 Å². The maximum absolute atomic E-state index is 13.7. The number of amides is 1. The summed E-state index contributed by atoms with van der Waals surface area (Å²) in [5, 5.41) is 0. The Morgan fingerprint density at radius 2 is 1.69 bits per heavy atom. The Hall–Kier alpha value is -2.37. The van der Waals surface area contributed by atoms with Crippen LogP contribution in [0.3, 0.4) is 0 Å². The number of rotatable bonds is 5. The Kier molecular flexibility index (Phi) is 5.40. The average Bonchev–Trinajstić information content (AvgIpc) is 3.58. The highest BCUT2D eigenvalue weighted by atomic mass is 16.5. The second kappa shape index (κ2) is 8.53. The van der Waals surface area contributed by atoms with Crippen LogP contribution in [0.1, 0.15) is 30.0 Å². The summed E-state index contributed by atoms with van der Waals surface area (Å²) in [5.41, 5.74) is 2.63. The van der Waals surface area contributed by atoms with Crippen LogP contribution in [0.15, 0.2) is 54.6 Å². The van der Waals surface area contributed by atoms with Gasteiger partial charge in [0.05, 0.1) is 12.5 Å². The molecule has 3 fully saturated rings. The lowest BCUT2D eigenvalue weighted by Gasteiger charge is -2.38. The third kappa shape index (κ3) is 3.93. The summed E-state index contributed by atoms with van der Waals surface area (Å²) in [6, 6.07) is 19.4. The summed E-state index contributed by atoms with van der Waals surface area (Å²) < 4.78 is 6.15. The van der Waals surface area contributed by atoms with Crippen molar-refractivity contribution in [1.82, 2.24) is 14.7 Å². The average molecular weight is 432 g/mol. The number of carbonyl (C=O) groups is 1. The van der Waals surface area contributed by atoms with Gasteiger partial charge in [0.1, 0.15) is 5.75 Å². The number of carbonyl (C=O) groups excluding carboxylic acids is 1. The van der Waals surface area contributed by atoms with Gasteiger partial charge in [-0.2, -0.15) is 0 Å². The van der Waals surface area contributed by atoms with Crippen LogP contribution in [0.25, 0.3) is 0 Å². The highest BCUT2D eigenvalue weighted by Crippen LogP contribution is 2.49. The van der Waals surface area contributed by atoms with Gasteiger partial charge in [0.15, 0.2) is 0 Å². The molecule has 0 spiro atoms. The quantitative estimate of drug-likeness (QED) is 0.727. The molecule has 6 rings (SSSR count). The SMILES string of the molecule is O=C([C@@H]1CN(CC2CC2)[C@H]2c3ccccc3OC[C@@H]12)N1CCN(Cc2ccccc2)CC1. The van der Waals surface area contributed by atoms with Gasteiger partial charge in [-0.1, -0.05) is 48.5 Å². The molecule has 0 unspecified atom stereocenters. The fourth-order valence-corrected chi connectivity index (χ4v) is 5.95.